The van der Waals surface area contributed by atoms with Crippen LogP contribution < -0.4 is 16.2 Å². The molecule has 6 heteroatoms. The molecule has 1 atom stereocenters. The molecule has 0 spiro atoms. The molecular weight excluding hydrogens is 270 g/mol. The van der Waals surface area contributed by atoms with E-state index in [9.17, 15) is 14.7 Å². The number of aromatic amines is 1. The van der Waals surface area contributed by atoms with Crippen LogP contribution in [0.3, 0.4) is 0 Å². The zero-order chi connectivity index (χ0) is 15.4. The number of pyridine rings is 1. The average Bonchev–Trinajstić information content (AvgIpc) is 2.44. The van der Waals surface area contributed by atoms with Crippen LogP contribution in [0, 0.1) is 5.92 Å². The van der Waals surface area contributed by atoms with Crippen molar-refractivity contribution < 1.29 is 9.90 Å². The van der Waals surface area contributed by atoms with Gasteiger partial charge in [0.05, 0.1) is 23.9 Å². The minimum Gasteiger partial charge on any atom is -0.394 e. The van der Waals surface area contributed by atoms with Crippen LogP contribution in [-0.4, -0.2) is 28.8 Å². The molecule has 4 N–H and O–H groups in total. The van der Waals surface area contributed by atoms with Crippen molar-refractivity contribution in [3.05, 3.63) is 40.7 Å². The number of aromatic nitrogens is 1. The van der Waals surface area contributed by atoms with Gasteiger partial charge in [0.2, 0.25) is 5.56 Å². The van der Waals surface area contributed by atoms with Gasteiger partial charge in [-0.25, -0.2) is 4.79 Å². The van der Waals surface area contributed by atoms with Crippen molar-refractivity contribution in [2.45, 2.75) is 19.9 Å². The van der Waals surface area contributed by atoms with Gasteiger partial charge in [-0.2, -0.15) is 0 Å². The van der Waals surface area contributed by atoms with Gasteiger partial charge in [-0.1, -0.05) is 19.9 Å². The van der Waals surface area contributed by atoms with Gasteiger partial charge in [-0.15, -0.1) is 0 Å². The Labute approximate surface area is 122 Å². The third-order valence-electron chi connectivity index (χ3n) is 3.33. The third-order valence-corrected chi connectivity index (χ3v) is 3.33. The maximum atomic E-state index is 12.0. The van der Waals surface area contributed by atoms with Crippen LogP contribution in [0.2, 0.25) is 0 Å². The van der Waals surface area contributed by atoms with E-state index in [1.54, 1.807) is 24.3 Å². The number of amides is 2. The molecule has 112 valence electrons. The predicted molar refractivity (Wildman–Crippen MR) is 82.4 cm³/mol. The number of aliphatic hydroxyl groups is 1. The molecule has 2 aromatic rings. The number of fused-ring (bicyclic) bond motifs is 1. The van der Waals surface area contributed by atoms with Crippen LogP contribution in [0.5, 0.6) is 0 Å². The number of aliphatic hydroxyl groups excluding tert-OH is 1. The van der Waals surface area contributed by atoms with Gasteiger partial charge in [0.1, 0.15) is 0 Å². The highest BCUT2D eigenvalue weighted by atomic mass is 16.3. The summed E-state index contributed by atoms with van der Waals surface area (Å²) in [5, 5.41) is 15.4. The van der Waals surface area contributed by atoms with Crippen molar-refractivity contribution >= 4 is 22.6 Å². The molecule has 0 radical (unpaired) electrons. The largest absolute Gasteiger partial charge is 0.394 e. The summed E-state index contributed by atoms with van der Waals surface area (Å²) in [7, 11) is 0. The quantitative estimate of drug-likeness (QED) is 0.689. The number of anilines is 1. The summed E-state index contributed by atoms with van der Waals surface area (Å²) in [5.74, 6) is 0.129. The van der Waals surface area contributed by atoms with Crippen LogP contribution in [0.4, 0.5) is 10.5 Å². The van der Waals surface area contributed by atoms with Crippen molar-refractivity contribution in [2.75, 3.05) is 11.9 Å². The summed E-state index contributed by atoms with van der Waals surface area (Å²) in [6.45, 7) is 3.72. The molecule has 21 heavy (non-hydrogen) atoms. The summed E-state index contributed by atoms with van der Waals surface area (Å²) in [4.78, 5) is 26.0. The number of benzene rings is 1. The molecule has 0 aliphatic heterocycles. The molecule has 6 nitrogen and oxygen atoms in total. The second-order valence-corrected chi connectivity index (χ2v) is 5.22. The molecule has 0 aliphatic rings. The van der Waals surface area contributed by atoms with E-state index in [1.165, 1.54) is 6.07 Å². The van der Waals surface area contributed by atoms with E-state index in [0.29, 0.717) is 11.2 Å². The molecule has 1 heterocycles. The van der Waals surface area contributed by atoms with Crippen LogP contribution in [0.1, 0.15) is 13.8 Å². The maximum Gasteiger partial charge on any atom is 0.319 e. The van der Waals surface area contributed by atoms with Gasteiger partial charge >= 0.3 is 6.03 Å². The second-order valence-electron chi connectivity index (χ2n) is 5.22. The minimum atomic E-state index is -0.388. The van der Waals surface area contributed by atoms with Gasteiger partial charge in [0.25, 0.3) is 0 Å². The minimum absolute atomic E-state index is 0.117. The summed E-state index contributed by atoms with van der Waals surface area (Å²) in [6.07, 6.45) is 0. The Kier molecular flexibility index (Phi) is 4.59. The lowest BCUT2D eigenvalue weighted by Crippen LogP contribution is -2.43. The van der Waals surface area contributed by atoms with Gasteiger partial charge < -0.3 is 20.7 Å². The van der Waals surface area contributed by atoms with Crippen LogP contribution in [-0.2, 0) is 0 Å². The van der Waals surface area contributed by atoms with E-state index in [4.69, 9.17) is 0 Å². The summed E-state index contributed by atoms with van der Waals surface area (Å²) < 4.78 is 0. The number of hydrogen-bond acceptors (Lipinski definition) is 3. The molecule has 2 amide bonds. The number of carbonyl (C=O) groups is 1. The molecule has 0 saturated carbocycles. The lowest BCUT2D eigenvalue weighted by atomic mass is 10.1. The Morgan fingerprint density at radius 2 is 2.05 bits per heavy atom. The summed E-state index contributed by atoms with van der Waals surface area (Å²) in [6, 6.07) is 7.65. The topological polar surface area (TPSA) is 94.2 Å². The number of urea groups is 1. The molecule has 1 aromatic heterocycles. The number of hydrogen-bond donors (Lipinski definition) is 4. The molecule has 0 aliphatic carbocycles. The Balaban J connectivity index is 2.20. The zero-order valence-electron chi connectivity index (χ0n) is 12.0. The standard InChI is InChI=1S/C15H19N3O3/c1-9(2)13(8-19)18-15(21)17-12-5-3-4-11-10(12)6-7-14(20)16-11/h3-7,9,13,19H,8H2,1-2H3,(H,16,20)(H2,17,18,21)/t13-/m1/s1. The maximum absolute atomic E-state index is 12.0. The Bertz CT molecular complexity index is 694. The van der Waals surface area contributed by atoms with Crippen molar-refractivity contribution in [3.8, 4) is 0 Å². The van der Waals surface area contributed by atoms with E-state index in [2.05, 4.69) is 15.6 Å². The van der Waals surface area contributed by atoms with Crippen LogP contribution >= 0.6 is 0 Å². The summed E-state index contributed by atoms with van der Waals surface area (Å²) in [5.41, 5.74) is 1.06. The SMILES string of the molecule is CC(C)[C@@H](CO)NC(=O)Nc1cccc2[nH]c(=O)ccc12. The van der Waals surface area contributed by atoms with E-state index in [-0.39, 0.29) is 30.2 Å². The zero-order valence-corrected chi connectivity index (χ0v) is 12.0. The Morgan fingerprint density at radius 1 is 1.29 bits per heavy atom. The monoisotopic (exact) mass is 289 g/mol. The van der Waals surface area contributed by atoms with Crippen molar-refractivity contribution in [1.29, 1.82) is 0 Å². The van der Waals surface area contributed by atoms with Gasteiger partial charge in [0, 0.05) is 11.5 Å². The van der Waals surface area contributed by atoms with E-state index in [1.807, 2.05) is 13.8 Å². The third kappa shape index (κ3) is 3.61. The lowest BCUT2D eigenvalue weighted by molar-refractivity contribution is 0.204. The Morgan fingerprint density at radius 3 is 2.71 bits per heavy atom. The average molecular weight is 289 g/mol. The molecule has 2 rings (SSSR count). The predicted octanol–water partition coefficient (Wildman–Crippen LogP) is 1.67. The molecule has 0 saturated heterocycles. The first-order valence-corrected chi connectivity index (χ1v) is 6.81. The van der Waals surface area contributed by atoms with Crippen molar-refractivity contribution in [3.63, 3.8) is 0 Å². The smallest absolute Gasteiger partial charge is 0.319 e. The highest BCUT2D eigenvalue weighted by Gasteiger charge is 2.15. The van der Waals surface area contributed by atoms with Crippen LogP contribution in [0.15, 0.2) is 35.1 Å². The Hall–Kier alpha value is -2.34. The fraction of sp³-hybridized carbons (Fsp3) is 0.333. The fourth-order valence-electron chi connectivity index (χ4n) is 2.05. The second kappa shape index (κ2) is 6.41. The van der Waals surface area contributed by atoms with Crippen molar-refractivity contribution in [2.24, 2.45) is 5.92 Å². The number of nitrogens with one attached hydrogen (secondary N) is 3. The number of H-pyrrole nitrogens is 1. The van der Waals surface area contributed by atoms with Gasteiger partial charge in [-0.05, 0) is 24.1 Å². The lowest BCUT2D eigenvalue weighted by Gasteiger charge is -2.20. The first-order chi connectivity index (χ1) is 10.0. The first kappa shape index (κ1) is 15.1. The molecule has 0 fully saturated rings. The molecule has 1 aromatic carbocycles. The fourth-order valence-corrected chi connectivity index (χ4v) is 2.05. The highest BCUT2D eigenvalue weighted by molar-refractivity contribution is 6.00. The molecule has 0 bridgehead atoms. The number of rotatable bonds is 4. The first-order valence-electron chi connectivity index (χ1n) is 6.81. The van der Waals surface area contributed by atoms with Crippen LogP contribution in [0.25, 0.3) is 10.9 Å². The summed E-state index contributed by atoms with van der Waals surface area (Å²) >= 11 is 0. The van der Waals surface area contributed by atoms with Crippen molar-refractivity contribution in [1.82, 2.24) is 10.3 Å². The molecule has 0 unspecified atom stereocenters. The van der Waals surface area contributed by atoms with E-state index in [0.717, 1.165) is 5.39 Å². The van der Waals surface area contributed by atoms with Gasteiger partial charge in [-0.3, -0.25) is 4.79 Å². The van der Waals surface area contributed by atoms with E-state index < -0.39 is 0 Å². The van der Waals surface area contributed by atoms with E-state index >= 15 is 0 Å². The van der Waals surface area contributed by atoms with Gasteiger partial charge in [0.15, 0.2) is 0 Å². The highest BCUT2D eigenvalue weighted by Crippen LogP contribution is 2.20. The number of carbonyl (C=O) groups excluding carboxylic acids is 1. The molecular formula is C15H19N3O3. The normalized spacial score (nSPS) is 12.4.